The standard InChI is InChI=1S/C32H31BClF3N4O4/c1-17-28(42)23-15-21(32(35,36)37)14-22(29(23)44-30(17)41-11-9-31(3,4)10-12-41)18(2)39-25-7-8-26(34)40-27(25)19-5-6-24-20(13-19)16-38-45-33(24)43/h5-8,13-16,18,39,43H,9-12H2,1-4H3. The summed E-state index contributed by atoms with van der Waals surface area (Å²) >= 11 is 6.27. The number of fused-ring (bicyclic) bond motifs is 2. The lowest BCUT2D eigenvalue weighted by molar-refractivity contribution is -0.137. The maximum Gasteiger partial charge on any atom is 0.583 e. The van der Waals surface area contributed by atoms with Gasteiger partial charge in [0.2, 0.25) is 5.88 Å². The van der Waals surface area contributed by atoms with E-state index in [0.29, 0.717) is 46.9 Å². The monoisotopic (exact) mass is 638 g/mol. The Hall–Kier alpha value is -4.03. The highest BCUT2D eigenvalue weighted by Gasteiger charge is 2.34. The first-order chi connectivity index (χ1) is 21.2. The minimum absolute atomic E-state index is 0.0980. The zero-order chi connectivity index (χ0) is 32.3. The highest BCUT2D eigenvalue weighted by atomic mass is 35.5. The van der Waals surface area contributed by atoms with Gasteiger partial charge in [0.15, 0.2) is 5.43 Å². The predicted molar refractivity (Wildman–Crippen MR) is 170 cm³/mol. The molecule has 2 aliphatic rings. The van der Waals surface area contributed by atoms with Gasteiger partial charge in [0.05, 0.1) is 40.2 Å². The number of piperidine rings is 1. The van der Waals surface area contributed by atoms with Crippen molar-refractivity contribution >= 4 is 52.9 Å². The van der Waals surface area contributed by atoms with E-state index in [4.69, 9.17) is 20.8 Å². The predicted octanol–water partition coefficient (Wildman–Crippen LogP) is 6.69. The molecule has 0 bridgehead atoms. The van der Waals surface area contributed by atoms with Crippen LogP contribution in [0, 0.1) is 12.3 Å². The van der Waals surface area contributed by atoms with Crippen LogP contribution in [0.15, 0.2) is 56.8 Å². The van der Waals surface area contributed by atoms with Crippen LogP contribution in [0.4, 0.5) is 24.7 Å². The Morgan fingerprint density at radius 2 is 1.87 bits per heavy atom. The first-order valence-corrected chi connectivity index (χ1v) is 15.0. The average molecular weight is 639 g/mol. The number of hydrogen-bond donors (Lipinski definition) is 2. The van der Waals surface area contributed by atoms with E-state index in [9.17, 15) is 23.0 Å². The number of oxime groups is 1. The van der Waals surface area contributed by atoms with Gasteiger partial charge in [-0.1, -0.05) is 37.6 Å². The molecule has 234 valence electrons. The minimum Gasteiger partial charge on any atom is -0.440 e. The number of halogens is 4. The molecule has 2 N–H and O–H groups in total. The topological polar surface area (TPSA) is 100 Å². The van der Waals surface area contributed by atoms with Crippen LogP contribution in [-0.2, 0) is 10.9 Å². The Morgan fingerprint density at radius 1 is 1.13 bits per heavy atom. The van der Waals surface area contributed by atoms with E-state index >= 15 is 0 Å². The molecule has 13 heteroatoms. The Morgan fingerprint density at radius 3 is 2.58 bits per heavy atom. The van der Waals surface area contributed by atoms with Crippen molar-refractivity contribution < 1.29 is 27.4 Å². The molecular formula is C32H31BClF3N4O4. The number of anilines is 2. The SMILES string of the molecule is Cc1c(N2CCC(C)(C)CC2)oc2c(C(C)Nc3ccc(Cl)nc3-c3ccc4c(c3)C=NOB4O)cc(C(F)(F)F)cc2c1=O. The van der Waals surface area contributed by atoms with Crippen molar-refractivity contribution in [3.05, 3.63) is 80.1 Å². The smallest absolute Gasteiger partial charge is 0.440 e. The van der Waals surface area contributed by atoms with Crippen LogP contribution < -0.4 is 21.1 Å². The fourth-order valence-electron chi connectivity index (χ4n) is 5.85. The quantitative estimate of drug-likeness (QED) is 0.186. The third-order valence-electron chi connectivity index (χ3n) is 8.63. The van der Waals surface area contributed by atoms with Gasteiger partial charge >= 0.3 is 13.3 Å². The summed E-state index contributed by atoms with van der Waals surface area (Å²) in [5, 5.41) is 17.2. The molecule has 45 heavy (non-hydrogen) atoms. The second kappa shape index (κ2) is 11.4. The molecule has 2 aromatic heterocycles. The molecule has 0 radical (unpaired) electrons. The normalized spacial score (nSPS) is 16.8. The second-order valence-electron chi connectivity index (χ2n) is 12.4. The average Bonchev–Trinajstić information content (AvgIpc) is 2.99. The van der Waals surface area contributed by atoms with Crippen molar-refractivity contribution in [2.45, 2.75) is 52.8 Å². The van der Waals surface area contributed by atoms with Gasteiger partial charge in [-0.15, -0.1) is 5.16 Å². The molecule has 6 rings (SSSR count). The molecule has 1 saturated heterocycles. The number of pyridine rings is 1. The lowest BCUT2D eigenvalue weighted by Gasteiger charge is -2.37. The molecule has 1 fully saturated rings. The van der Waals surface area contributed by atoms with E-state index in [2.05, 4.69) is 29.3 Å². The fraction of sp³-hybridized carbons (Fsp3) is 0.344. The van der Waals surface area contributed by atoms with Gasteiger partial charge in [0, 0.05) is 29.7 Å². The summed E-state index contributed by atoms with van der Waals surface area (Å²) in [6.07, 6.45) is -1.45. The molecular weight excluding hydrogens is 608 g/mol. The highest BCUT2D eigenvalue weighted by Crippen LogP contribution is 2.39. The molecule has 0 spiro atoms. The number of nitrogens with zero attached hydrogens (tertiary/aromatic N) is 3. The summed E-state index contributed by atoms with van der Waals surface area (Å²) in [6, 6.07) is 9.56. The van der Waals surface area contributed by atoms with Crippen molar-refractivity contribution in [2.75, 3.05) is 23.3 Å². The zero-order valence-electron chi connectivity index (χ0n) is 25.1. The first kappa shape index (κ1) is 31.0. The summed E-state index contributed by atoms with van der Waals surface area (Å²) in [6.45, 7) is 9.01. The van der Waals surface area contributed by atoms with Crippen LogP contribution in [0.5, 0.6) is 0 Å². The van der Waals surface area contributed by atoms with Gasteiger partial charge in [-0.05, 0) is 68.0 Å². The second-order valence-corrected chi connectivity index (χ2v) is 12.8. The lowest BCUT2D eigenvalue weighted by atomic mass is 9.75. The van der Waals surface area contributed by atoms with Crippen molar-refractivity contribution in [3.63, 3.8) is 0 Å². The minimum atomic E-state index is -4.69. The number of hydrogen-bond acceptors (Lipinski definition) is 8. The first-order valence-electron chi connectivity index (χ1n) is 14.6. The number of nitrogens with one attached hydrogen (secondary N) is 1. The zero-order valence-corrected chi connectivity index (χ0v) is 25.9. The number of alkyl halides is 3. The molecule has 2 aromatic carbocycles. The molecule has 4 heterocycles. The van der Waals surface area contributed by atoms with E-state index in [1.165, 1.54) is 6.21 Å². The maximum absolute atomic E-state index is 14.1. The third kappa shape index (κ3) is 6.01. The van der Waals surface area contributed by atoms with Gasteiger partial charge in [0.1, 0.15) is 10.7 Å². The van der Waals surface area contributed by atoms with E-state index in [0.717, 1.165) is 25.0 Å². The van der Waals surface area contributed by atoms with Crippen molar-refractivity contribution in [3.8, 4) is 11.3 Å². The summed E-state index contributed by atoms with van der Waals surface area (Å²) in [5.41, 5.74) is 1.93. The van der Waals surface area contributed by atoms with Crippen molar-refractivity contribution in [2.24, 2.45) is 10.6 Å². The summed E-state index contributed by atoms with van der Waals surface area (Å²) in [4.78, 5) is 20.1. The number of aromatic nitrogens is 1. The van der Waals surface area contributed by atoms with Gasteiger partial charge < -0.3 is 24.4 Å². The molecule has 0 aliphatic carbocycles. The van der Waals surface area contributed by atoms with Crippen LogP contribution in [0.3, 0.4) is 0 Å². The lowest BCUT2D eigenvalue weighted by Crippen LogP contribution is -2.38. The van der Waals surface area contributed by atoms with Gasteiger partial charge in [-0.3, -0.25) is 4.79 Å². The summed E-state index contributed by atoms with van der Waals surface area (Å²) in [5.74, 6) is 0.381. The van der Waals surface area contributed by atoms with E-state index < -0.39 is 30.3 Å². The molecule has 2 aliphatic heterocycles. The molecule has 8 nitrogen and oxygen atoms in total. The van der Waals surface area contributed by atoms with Crippen molar-refractivity contribution in [1.29, 1.82) is 0 Å². The van der Waals surface area contributed by atoms with Gasteiger partial charge in [-0.2, -0.15) is 13.2 Å². The van der Waals surface area contributed by atoms with Crippen LogP contribution in [-0.4, -0.2) is 36.4 Å². The Bertz CT molecular complexity index is 1890. The van der Waals surface area contributed by atoms with Crippen LogP contribution in [0.25, 0.3) is 22.2 Å². The van der Waals surface area contributed by atoms with Crippen LogP contribution in [0.2, 0.25) is 5.15 Å². The Labute approximate surface area is 263 Å². The largest absolute Gasteiger partial charge is 0.583 e. The highest BCUT2D eigenvalue weighted by molar-refractivity contribution is 6.62. The Kier molecular flexibility index (Phi) is 7.85. The van der Waals surface area contributed by atoms with Gasteiger partial charge in [-0.25, -0.2) is 4.98 Å². The van der Waals surface area contributed by atoms with E-state index in [1.54, 1.807) is 44.2 Å². The van der Waals surface area contributed by atoms with E-state index in [-0.39, 0.29) is 32.7 Å². The fourth-order valence-corrected chi connectivity index (χ4v) is 6.00. The summed E-state index contributed by atoms with van der Waals surface area (Å²) in [7, 11) is -1.21. The van der Waals surface area contributed by atoms with Crippen molar-refractivity contribution in [1.82, 2.24) is 4.98 Å². The molecule has 1 atom stereocenters. The molecule has 0 amide bonds. The van der Waals surface area contributed by atoms with Crippen LogP contribution in [0.1, 0.15) is 61.9 Å². The Balaban J connectivity index is 1.45. The van der Waals surface area contributed by atoms with Crippen LogP contribution >= 0.6 is 11.6 Å². The summed E-state index contributed by atoms with van der Waals surface area (Å²) < 4.78 is 53.7. The molecule has 4 aromatic rings. The number of benzene rings is 2. The maximum atomic E-state index is 14.1. The molecule has 1 unspecified atom stereocenters. The van der Waals surface area contributed by atoms with Gasteiger partial charge in [0.25, 0.3) is 0 Å². The third-order valence-corrected chi connectivity index (χ3v) is 8.84. The van der Waals surface area contributed by atoms with E-state index in [1.807, 2.05) is 4.90 Å². The number of rotatable bonds is 5. The molecule has 0 saturated carbocycles.